The molecule has 3 aromatic rings. The molecule has 3 aromatic carbocycles. The third kappa shape index (κ3) is 4.82. The fraction of sp³-hybridized carbons (Fsp3) is 0.321. The molecule has 0 saturated carbocycles. The van der Waals surface area contributed by atoms with E-state index >= 15 is 0 Å². The molecule has 0 saturated heterocycles. The maximum atomic E-state index is 13.6. The number of rotatable bonds is 7. The average Bonchev–Trinajstić information content (AvgIpc) is 2.86. The maximum Gasteiger partial charge on any atom is 0.254 e. The van der Waals surface area contributed by atoms with Gasteiger partial charge in [-0.2, -0.15) is 0 Å². The number of carbonyl (C=O) groups is 1. The first-order chi connectivity index (χ1) is 16.0. The van der Waals surface area contributed by atoms with Crippen molar-refractivity contribution in [3.05, 3.63) is 88.5 Å². The van der Waals surface area contributed by atoms with Crippen molar-refractivity contribution in [2.45, 2.75) is 32.7 Å². The van der Waals surface area contributed by atoms with Crippen molar-refractivity contribution in [2.24, 2.45) is 0 Å². The molecule has 1 unspecified atom stereocenters. The second-order valence-corrected chi connectivity index (χ2v) is 8.35. The lowest BCUT2D eigenvalue weighted by Gasteiger charge is -2.37. The van der Waals surface area contributed by atoms with Crippen LogP contribution in [-0.4, -0.2) is 38.2 Å². The fourth-order valence-electron chi connectivity index (χ4n) is 4.39. The number of hydrogen-bond acceptors (Lipinski definition) is 4. The van der Waals surface area contributed by atoms with Gasteiger partial charge >= 0.3 is 0 Å². The number of methoxy groups -OCH3 is 2. The van der Waals surface area contributed by atoms with Gasteiger partial charge in [-0.1, -0.05) is 36.8 Å². The fourth-order valence-corrected chi connectivity index (χ4v) is 4.39. The molecule has 0 bridgehead atoms. The van der Waals surface area contributed by atoms with E-state index in [1.807, 2.05) is 60.4 Å². The first-order valence-electron chi connectivity index (χ1n) is 11.4. The largest absolute Gasteiger partial charge is 0.493 e. The summed E-state index contributed by atoms with van der Waals surface area (Å²) in [6.07, 6.45) is 1.73. The second kappa shape index (κ2) is 9.99. The average molecular weight is 446 g/mol. The molecular formula is C28H31NO4. The lowest BCUT2D eigenvalue weighted by Crippen LogP contribution is -2.42. The quantitative estimate of drug-likeness (QED) is 0.489. The summed E-state index contributed by atoms with van der Waals surface area (Å²) in [4.78, 5) is 15.5. The Morgan fingerprint density at radius 2 is 1.73 bits per heavy atom. The van der Waals surface area contributed by atoms with Crippen molar-refractivity contribution >= 4 is 5.91 Å². The van der Waals surface area contributed by atoms with Crippen LogP contribution in [0.15, 0.2) is 60.7 Å². The van der Waals surface area contributed by atoms with Crippen molar-refractivity contribution in [2.75, 3.05) is 27.4 Å². The minimum absolute atomic E-state index is 0.00839. The van der Waals surface area contributed by atoms with E-state index in [-0.39, 0.29) is 11.9 Å². The third-order valence-corrected chi connectivity index (χ3v) is 6.27. The van der Waals surface area contributed by atoms with Crippen molar-refractivity contribution < 1.29 is 19.0 Å². The van der Waals surface area contributed by atoms with Crippen LogP contribution in [0.1, 0.15) is 45.6 Å². The number of aryl methyl sites for hydroxylation is 2. The normalized spacial score (nSPS) is 15.0. The number of ether oxygens (including phenoxy) is 3. The van der Waals surface area contributed by atoms with Crippen LogP contribution in [-0.2, 0) is 12.8 Å². The molecule has 33 heavy (non-hydrogen) atoms. The predicted molar refractivity (Wildman–Crippen MR) is 130 cm³/mol. The molecule has 0 radical (unpaired) electrons. The molecule has 5 nitrogen and oxygen atoms in total. The number of nitrogens with zero attached hydrogens (tertiary/aromatic N) is 1. The van der Waals surface area contributed by atoms with Gasteiger partial charge in [0.05, 0.1) is 20.3 Å². The molecule has 4 rings (SSSR count). The van der Waals surface area contributed by atoms with Crippen LogP contribution in [0.2, 0.25) is 0 Å². The minimum atomic E-state index is -0.243. The summed E-state index contributed by atoms with van der Waals surface area (Å²) < 4.78 is 17.3. The van der Waals surface area contributed by atoms with Gasteiger partial charge in [-0.05, 0) is 72.9 Å². The number of fused-ring (bicyclic) bond motifs is 1. The molecule has 0 spiro atoms. The van der Waals surface area contributed by atoms with E-state index in [0.717, 1.165) is 35.3 Å². The predicted octanol–water partition coefficient (Wildman–Crippen LogP) is 5.39. The molecule has 0 fully saturated rings. The molecule has 0 aliphatic carbocycles. The van der Waals surface area contributed by atoms with Crippen LogP contribution in [0.5, 0.6) is 17.2 Å². The lowest BCUT2D eigenvalue weighted by molar-refractivity contribution is 0.0589. The van der Waals surface area contributed by atoms with Crippen LogP contribution in [0.3, 0.4) is 0 Å². The highest BCUT2D eigenvalue weighted by Crippen LogP contribution is 2.39. The Balaban J connectivity index is 1.69. The van der Waals surface area contributed by atoms with Crippen LogP contribution in [0.4, 0.5) is 0 Å². The van der Waals surface area contributed by atoms with Crippen LogP contribution >= 0.6 is 0 Å². The standard InChI is InChI=1S/C28H31NO4/c1-5-20-9-11-23(12-10-20)33-18-25-24-17-27(32-4)26(31-3)16-21(24)13-14-29(25)28(30)22-8-6-7-19(2)15-22/h6-12,15-17,25H,5,13-14,18H2,1-4H3. The van der Waals surface area contributed by atoms with Gasteiger partial charge in [-0.15, -0.1) is 0 Å². The van der Waals surface area contributed by atoms with E-state index in [1.54, 1.807) is 14.2 Å². The molecule has 5 heteroatoms. The van der Waals surface area contributed by atoms with Crippen LogP contribution < -0.4 is 14.2 Å². The number of amides is 1. The van der Waals surface area contributed by atoms with Crippen molar-refractivity contribution in [3.8, 4) is 17.2 Å². The molecular weight excluding hydrogens is 414 g/mol. The minimum Gasteiger partial charge on any atom is -0.493 e. The SMILES string of the molecule is CCc1ccc(OCC2c3cc(OC)c(OC)cc3CCN2C(=O)c2cccc(C)c2)cc1. The van der Waals surface area contributed by atoms with Gasteiger partial charge < -0.3 is 19.1 Å². The highest BCUT2D eigenvalue weighted by molar-refractivity contribution is 5.95. The third-order valence-electron chi connectivity index (χ3n) is 6.27. The second-order valence-electron chi connectivity index (χ2n) is 8.35. The molecule has 1 aliphatic rings. The molecule has 1 heterocycles. The Hall–Kier alpha value is -3.47. The summed E-state index contributed by atoms with van der Waals surface area (Å²) in [5.74, 6) is 2.15. The zero-order valence-corrected chi connectivity index (χ0v) is 19.8. The highest BCUT2D eigenvalue weighted by Gasteiger charge is 2.33. The van der Waals surface area contributed by atoms with Crippen molar-refractivity contribution in [1.82, 2.24) is 4.90 Å². The van der Waals surface area contributed by atoms with Gasteiger partial charge in [0.1, 0.15) is 12.4 Å². The number of carbonyl (C=O) groups excluding carboxylic acids is 1. The molecule has 1 amide bonds. The van der Waals surface area contributed by atoms with Gasteiger partial charge in [-0.25, -0.2) is 0 Å². The van der Waals surface area contributed by atoms with Gasteiger partial charge in [0, 0.05) is 12.1 Å². The Kier molecular flexibility index (Phi) is 6.87. The topological polar surface area (TPSA) is 48.0 Å². The molecule has 1 atom stereocenters. The molecule has 0 aromatic heterocycles. The van der Waals surface area contributed by atoms with E-state index in [2.05, 4.69) is 19.1 Å². The Bertz CT molecular complexity index is 1120. The van der Waals surface area contributed by atoms with Crippen LogP contribution in [0.25, 0.3) is 0 Å². The summed E-state index contributed by atoms with van der Waals surface area (Å²) >= 11 is 0. The van der Waals surface area contributed by atoms with Gasteiger partial charge in [0.2, 0.25) is 0 Å². The van der Waals surface area contributed by atoms with E-state index < -0.39 is 0 Å². The Labute approximate surface area is 195 Å². The first-order valence-corrected chi connectivity index (χ1v) is 11.4. The molecule has 1 aliphatic heterocycles. The maximum absolute atomic E-state index is 13.6. The Morgan fingerprint density at radius 1 is 1.00 bits per heavy atom. The molecule has 0 N–H and O–H groups in total. The smallest absolute Gasteiger partial charge is 0.254 e. The van der Waals surface area contributed by atoms with E-state index in [9.17, 15) is 4.79 Å². The monoisotopic (exact) mass is 445 g/mol. The van der Waals surface area contributed by atoms with E-state index in [0.29, 0.717) is 30.2 Å². The highest BCUT2D eigenvalue weighted by atomic mass is 16.5. The lowest BCUT2D eigenvalue weighted by atomic mass is 9.91. The summed E-state index contributed by atoms with van der Waals surface area (Å²) in [6, 6.07) is 19.6. The van der Waals surface area contributed by atoms with Crippen molar-refractivity contribution in [1.29, 1.82) is 0 Å². The van der Waals surface area contributed by atoms with Crippen LogP contribution in [0, 0.1) is 6.92 Å². The zero-order chi connectivity index (χ0) is 23.4. The summed E-state index contributed by atoms with van der Waals surface area (Å²) in [6.45, 7) is 5.09. The number of hydrogen-bond donors (Lipinski definition) is 0. The van der Waals surface area contributed by atoms with E-state index in [4.69, 9.17) is 14.2 Å². The van der Waals surface area contributed by atoms with Gasteiger partial charge in [-0.3, -0.25) is 4.79 Å². The molecule has 172 valence electrons. The zero-order valence-electron chi connectivity index (χ0n) is 19.8. The Morgan fingerprint density at radius 3 is 2.39 bits per heavy atom. The van der Waals surface area contributed by atoms with E-state index in [1.165, 1.54) is 5.56 Å². The summed E-state index contributed by atoms with van der Waals surface area (Å²) in [5.41, 5.74) is 5.20. The number of benzene rings is 3. The summed E-state index contributed by atoms with van der Waals surface area (Å²) in [5, 5.41) is 0. The van der Waals surface area contributed by atoms with Crippen molar-refractivity contribution in [3.63, 3.8) is 0 Å². The van der Waals surface area contributed by atoms with Gasteiger partial charge in [0.25, 0.3) is 5.91 Å². The van der Waals surface area contributed by atoms with Gasteiger partial charge in [0.15, 0.2) is 11.5 Å². The first kappa shape index (κ1) is 22.7. The summed E-state index contributed by atoms with van der Waals surface area (Å²) in [7, 11) is 3.27.